The number of hydrogen-bond acceptors (Lipinski definition) is 2. The van der Waals surface area contributed by atoms with Crippen molar-refractivity contribution in [1.82, 2.24) is 4.98 Å². The van der Waals surface area contributed by atoms with E-state index in [1.165, 1.54) is 6.07 Å². The number of halogens is 3. The summed E-state index contributed by atoms with van der Waals surface area (Å²) >= 11 is 0. The zero-order valence-corrected chi connectivity index (χ0v) is 11.0. The van der Waals surface area contributed by atoms with E-state index in [9.17, 15) is 13.2 Å². The molecule has 0 aliphatic carbocycles. The Morgan fingerprint density at radius 2 is 1.67 bits per heavy atom. The van der Waals surface area contributed by atoms with Gasteiger partial charge in [0.05, 0.1) is 11.1 Å². The fourth-order valence-electron chi connectivity index (χ4n) is 2.33. The minimum Gasteiger partial charge on any atom is -0.492 e. The van der Waals surface area contributed by atoms with Crippen molar-refractivity contribution in [2.24, 2.45) is 5.73 Å². The third-order valence-electron chi connectivity index (χ3n) is 3.28. The highest BCUT2D eigenvalue weighted by Gasteiger charge is 2.30. The first-order valence-electron chi connectivity index (χ1n) is 6.44. The largest absolute Gasteiger partial charge is 0.492 e. The zero-order valence-electron chi connectivity index (χ0n) is 11.0. The number of benzene rings is 2. The van der Waals surface area contributed by atoms with Gasteiger partial charge in [0.15, 0.2) is 0 Å². The van der Waals surface area contributed by atoms with Crippen LogP contribution in [0.4, 0.5) is 13.2 Å². The average molecular weight is 294 g/mol. The summed E-state index contributed by atoms with van der Waals surface area (Å²) in [6.45, 7) is 0.795. The van der Waals surface area contributed by atoms with Gasteiger partial charge >= 0.3 is 6.18 Å². The molecule has 0 amide bonds. The van der Waals surface area contributed by atoms with Gasteiger partial charge in [-0.1, -0.05) is 6.07 Å². The van der Waals surface area contributed by atoms with Gasteiger partial charge in [-0.25, -0.2) is 0 Å². The fraction of sp³-hybridized carbons (Fsp3) is 0.200. The van der Waals surface area contributed by atoms with Crippen LogP contribution in [0.2, 0.25) is 0 Å². The third-order valence-corrected chi connectivity index (χ3v) is 3.28. The van der Waals surface area contributed by atoms with E-state index in [1.807, 2.05) is 6.07 Å². The Labute approximate surface area is 118 Å². The first-order chi connectivity index (χ1) is 9.99. The number of H-pyrrole nitrogens is 1. The molecule has 0 atom stereocenters. The Morgan fingerprint density at radius 1 is 1.00 bits per heavy atom. The lowest BCUT2D eigenvalue weighted by atomic mass is 10.1. The smallest absolute Gasteiger partial charge is 0.416 e. The molecule has 0 fully saturated rings. The Kier molecular flexibility index (Phi) is 3.25. The maximum atomic E-state index is 12.7. The van der Waals surface area contributed by atoms with Crippen molar-refractivity contribution in [3.05, 3.63) is 42.0 Å². The Morgan fingerprint density at radius 3 is 2.33 bits per heavy atom. The van der Waals surface area contributed by atoms with E-state index in [-0.39, 0.29) is 0 Å². The molecule has 0 saturated heterocycles. The van der Waals surface area contributed by atoms with E-state index >= 15 is 0 Å². The number of nitrogens with one attached hydrogen (secondary N) is 1. The predicted octanol–water partition coefficient (Wildman–Crippen LogP) is 3.68. The molecule has 1 aromatic heterocycles. The minimum absolute atomic E-state index is 0.393. The van der Waals surface area contributed by atoms with Crippen LogP contribution in [0.3, 0.4) is 0 Å². The first kappa shape index (κ1) is 13.8. The fourth-order valence-corrected chi connectivity index (χ4v) is 2.33. The second kappa shape index (κ2) is 4.96. The lowest BCUT2D eigenvalue weighted by Crippen LogP contribution is -2.10. The van der Waals surface area contributed by atoms with E-state index in [4.69, 9.17) is 10.5 Å². The van der Waals surface area contributed by atoms with Gasteiger partial charge in [-0.05, 0) is 24.3 Å². The summed E-state index contributed by atoms with van der Waals surface area (Å²) < 4.78 is 43.6. The summed E-state index contributed by atoms with van der Waals surface area (Å²) in [7, 11) is 0. The molecular formula is C15H13F3N2O. The second-order valence-corrected chi connectivity index (χ2v) is 4.73. The molecule has 0 aliphatic rings. The Bertz CT molecular complexity index is 793. The quantitative estimate of drug-likeness (QED) is 0.774. The molecule has 0 radical (unpaired) electrons. The average Bonchev–Trinajstić information content (AvgIpc) is 2.80. The number of aromatic amines is 1. The van der Waals surface area contributed by atoms with Gasteiger partial charge in [0, 0.05) is 28.9 Å². The molecule has 0 spiro atoms. The van der Waals surface area contributed by atoms with Crippen LogP contribution in [-0.2, 0) is 6.18 Å². The number of nitrogens with two attached hydrogens (primary N) is 1. The predicted molar refractivity (Wildman–Crippen MR) is 75.4 cm³/mol. The van der Waals surface area contributed by atoms with E-state index in [0.717, 1.165) is 28.4 Å². The van der Waals surface area contributed by atoms with Crippen LogP contribution in [-0.4, -0.2) is 18.1 Å². The second-order valence-electron chi connectivity index (χ2n) is 4.73. The molecule has 0 saturated carbocycles. The van der Waals surface area contributed by atoms with E-state index in [1.54, 1.807) is 12.1 Å². The highest BCUT2D eigenvalue weighted by molar-refractivity contribution is 6.07. The molecule has 21 heavy (non-hydrogen) atoms. The van der Waals surface area contributed by atoms with Gasteiger partial charge in [0.1, 0.15) is 12.4 Å². The number of rotatable bonds is 3. The summed E-state index contributed by atoms with van der Waals surface area (Å²) in [5.41, 5.74) is 5.89. The SMILES string of the molecule is NCCOc1ccc2c(c1)[nH]c1cc(C(F)(F)F)ccc12. The molecule has 3 N–H and O–H groups in total. The van der Waals surface area contributed by atoms with Crippen molar-refractivity contribution in [2.45, 2.75) is 6.18 Å². The van der Waals surface area contributed by atoms with Crippen molar-refractivity contribution in [3.8, 4) is 5.75 Å². The number of alkyl halides is 3. The standard InChI is InChI=1S/C15H13F3N2O/c16-15(17,18)9-1-3-11-12-4-2-10(21-6-5-19)8-14(12)20-13(11)7-9/h1-4,7-8,20H,5-6,19H2. The molecular weight excluding hydrogens is 281 g/mol. The molecule has 3 nitrogen and oxygen atoms in total. The van der Waals surface area contributed by atoms with Gasteiger partial charge in [-0.3, -0.25) is 0 Å². The van der Waals surface area contributed by atoms with Crippen molar-refractivity contribution in [3.63, 3.8) is 0 Å². The molecule has 3 aromatic rings. The molecule has 110 valence electrons. The first-order valence-corrected chi connectivity index (χ1v) is 6.44. The van der Waals surface area contributed by atoms with E-state index in [0.29, 0.717) is 24.4 Å². The van der Waals surface area contributed by atoms with Crippen molar-refractivity contribution in [2.75, 3.05) is 13.2 Å². The lowest BCUT2D eigenvalue weighted by molar-refractivity contribution is -0.137. The van der Waals surface area contributed by atoms with Crippen LogP contribution in [0.25, 0.3) is 21.8 Å². The van der Waals surface area contributed by atoms with Gasteiger partial charge in [-0.2, -0.15) is 13.2 Å². The number of fused-ring (bicyclic) bond motifs is 3. The van der Waals surface area contributed by atoms with Crippen molar-refractivity contribution < 1.29 is 17.9 Å². The molecule has 0 bridgehead atoms. The summed E-state index contributed by atoms with van der Waals surface area (Å²) in [6, 6.07) is 9.07. The molecule has 0 aliphatic heterocycles. The van der Waals surface area contributed by atoms with Crippen LogP contribution in [0.15, 0.2) is 36.4 Å². The normalized spacial score (nSPS) is 12.2. The van der Waals surface area contributed by atoms with Gasteiger partial charge in [0.25, 0.3) is 0 Å². The molecule has 1 heterocycles. The maximum Gasteiger partial charge on any atom is 0.416 e. The highest BCUT2D eigenvalue weighted by atomic mass is 19.4. The van der Waals surface area contributed by atoms with Crippen LogP contribution >= 0.6 is 0 Å². The van der Waals surface area contributed by atoms with Crippen LogP contribution in [0.1, 0.15) is 5.56 Å². The number of aromatic nitrogens is 1. The summed E-state index contributed by atoms with van der Waals surface area (Å²) in [4.78, 5) is 3.00. The summed E-state index contributed by atoms with van der Waals surface area (Å²) in [6.07, 6.45) is -4.35. The molecule has 6 heteroatoms. The zero-order chi connectivity index (χ0) is 15.0. The molecule has 2 aromatic carbocycles. The Hall–Kier alpha value is -2.21. The molecule has 3 rings (SSSR count). The van der Waals surface area contributed by atoms with Crippen LogP contribution in [0.5, 0.6) is 5.75 Å². The van der Waals surface area contributed by atoms with Gasteiger partial charge in [0.2, 0.25) is 0 Å². The van der Waals surface area contributed by atoms with Crippen LogP contribution in [0, 0.1) is 0 Å². The summed E-state index contributed by atoms with van der Waals surface area (Å²) in [5.74, 6) is 0.635. The lowest BCUT2D eigenvalue weighted by Gasteiger charge is -2.05. The van der Waals surface area contributed by atoms with Gasteiger partial charge < -0.3 is 15.5 Å². The number of ether oxygens (including phenoxy) is 1. The maximum absolute atomic E-state index is 12.7. The third kappa shape index (κ3) is 2.54. The van der Waals surface area contributed by atoms with Crippen molar-refractivity contribution in [1.29, 1.82) is 0 Å². The Balaban J connectivity index is 2.10. The van der Waals surface area contributed by atoms with Crippen LogP contribution < -0.4 is 10.5 Å². The number of hydrogen-bond donors (Lipinski definition) is 2. The monoisotopic (exact) mass is 294 g/mol. The van der Waals surface area contributed by atoms with Crippen molar-refractivity contribution >= 4 is 21.8 Å². The topological polar surface area (TPSA) is 51.0 Å². The summed E-state index contributed by atoms with van der Waals surface area (Å²) in [5, 5.41) is 1.61. The van der Waals surface area contributed by atoms with E-state index in [2.05, 4.69) is 4.98 Å². The minimum atomic E-state index is -4.35. The van der Waals surface area contributed by atoms with Gasteiger partial charge in [-0.15, -0.1) is 0 Å². The highest BCUT2D eigenvalue weighted by Crippen LogP contribution is 2.34. The molecule has 0 unspecified atom stereocenters. The van der Waals surface area contributed by atoms with E-state index < -0.39 is 11.7 Å².